The van der Waals surface area contributed by atoms with Gasteiger partial charge in [-0.25, -0.2) is 9.78 Å². The first-order valence-electron chi connectivity index (χ1n) is 8.43. The number of aromatic nitrogens is 1. The van der Waals surface area contributed by atoms with Crippen molar-refractivity contribution in [1.82, 2.24) is 10.3 Å². The molecular formula is C19H24N2O4S. The zero-order chi connectivity index (χ0) is 19.2. The van der Waals surface area contributed by atoms with Gasteiger partial charge in [-0.15, -0.1) is 11.3 Å². The molecule has 2 rings (SSSR count). The Morgan fingerprint density at radius 2 is 1.92 bits per heavy atom. The molecule has 0 saturated carbocycles. The van der Waals surface area contributed by atoms with Gasteiger partial charge in [0.15, 0.2) is 5.69 Å². The number of hydrogen-bond acceptors (Lipinski definition) is 5. The van der Waals surface area contributed by atoms with Crippen molar-refractivity contribution < 1.29 is 19.4 Å². The van der Waals surface area contributed by atoms with E-state index in [-0.39, 0.29) is 23.6 Å². The Hall–Kier alpha value is -2.41. The van der Waals surface area contributed by atoms with Gasteiger partial charge in [0.05, 0.1) is 13.2 Å². The van der Waals surface area contributed by atoms with Crippen molar-refractivity contribution in [2.45, 2.75) is 45.6 Å². The Morgan fingerprint density at radius 1 is 1.23 bits per heavy atom. The van der Waals surface area contributed by atoms with Crippen LogP contribution in [0.1, 0.15) is 54.7 Å². The number of carbonyl (C=O) groups is 2. The summed E-state index contributed by atoms with van der Waals surface area (Å²) in [6.45, 7) is 7.19. The number of nitrogens with zero attached hydrogens (tertiary/aromatic N) is 1. The summed E-state index contributed by atoms with van der Waals surface area (Å²) in [4.78, 5) is 26.5. The lowest BCUT2D eigenvalue weighted by Gasteiger charge is -2.19. The normalized spacial score (nSPS) is 11.2. The number of rotatable bonds is 8. The Labute approximate surface area is 157 Å². The van der Waals surface area contributed by atoms with Gasteiger partial charge in [-0.2, -0.15) is 0 Å². The number of benzene rings is 1. The van der Waals surface area contributed by atoms with Crippen LogP contribution in [0.4, 0.5) is 0 Å². The molecule has 0 radical (unpaired) electrons. The summed E-state index contributed by atoms with van der Waals surface area (Å²) in [5.74, 6) is -0.377. The lowest BCUT2D eigenvalue weighted by molar-refractivity contribution is -0.121. The topological polar surface area (TPSA) is 88.5 Å². The van der Waals surface area contributed by atoms with Crippen LogP contribution in [0.15, 0.2) is 29.6 Å². The highest BCUT2D eigenvalue weighted by molar-refractivity contribution is 7.09. The molecule has 0 atom stereocenters. The predicted molar refractivity (Wildman–Crippen MR) is 101 cm³/mol. The average Bonchev–Trinajstić information content (AvgIpc) is 3.06. The molecule has 140 valence electrons. The van der Waals surface area contributed by atoms with Gasteiger partial charge in [-0.05, 0) is 29.5 Å². The monoisotopic (exact) mass is 376 g/mol. The summed E-state index contributed by atoms with van der Waals surface area (Å²) < 4.78 is 5.66. The maximum Gasteiger partial charge on any atom is 0.355 e. The minimum atomic E-state index is -1.06. The first-order chi connectivity index (χ1) is 12.3. The lowest BCUT2D eigenvalue weighted by Crippen LogP contribution is -2.23. The van der Waals surface area contributed by atoms with E-state index in [9.17, 15) is 9.59 Å². The number of hydrogen-bond donors (Lipinski definition) is 2. The van der Waals surface area contributed by atoms with Crippen molar-refractivity contribution in [2.24, 2.45) is 0 Å². The molecule has 1 heterocycles. The van der Waals surface area contributed by atoms with Crippen LogP contribution in [0.2, 0.25) is 0 Å². The summed E-state index contributed by atoms with van der Waals surface area (Å²) in [6, 6.07) is 8.01. The van der Waals surface area contributed by atoms with Crippen molar-refractivity contribution in [2.75, 3.05) is 6.61 Å². The van der Waals surface area contributed by atoms with Gasteiger partial charge in [-0.1, -0.05) is 32.9 Å². The second-order valence-corrected chi connectivity index (χ2v) is 7.88. The summed E-state index contributed by atoms with van der Waals surface area (Å²) in [5, 5.41) is 13.6. The maximum absolute atomic E-state index is 11.8. The number of carbonyl (C=O) groups excluding carboxylic acids is 1. The number of nitrogens with one attached hydrogen (secondary N) is 1. The molecule has 7 heteroatoms. The highest BCUT2D eigenvalue weighted by Crippen LogP contribution is 2.24. The van der Waals surface area contributed by atoms with Crippen molar-refractivity contribution in [3.05, 3.63) is 45.9 Å². The predicted octanol–water partition coefficient (Wildman–Crippen LogP) is 3.61. The third kappa shape index (κ3) is 6.15. The molecule has 6 nitrogen and oxygen atoms in total. The van der Waals surface area contributed by atoms with E-state index in [1.807, 2.05) is 12.1 Å². The Bertz CT molecular complexity index is 748. The van der Waals surface area contributed by atoms with E-state index in [0.717, 1.165) is 5.75 Å². The van der Waals surface area contributed by atoms with Crippen LogP contribution < -0.4 is 10.1 Å². The fraction of sp³-hybridized carbons (Fsp3) is 0.421. The van der Waals surface area contributed by atoms with E-state index in [2.05, 4.69) is 43.2 Å². The SMILES string of the molecule is CC(C)(C)c1ccc(OCCCC(=O)NCc2nc(C(=O)O)cs2)cc1. The number of thiazole rings is 1. The molecule has 0 aliphatic rings. The molecule has 1 aromatic carbocycles. The smallest absolute Gasteiger partial charge is 0.355 e. The zero-order valence-corrected chi connectivity index (χ0v) is 16.1. The Morgan fingerprint density at radius 3 is 2.50 bits per heavy atom. The first-order valence-corrected chi connectivity index (χ1v) is 9.31. The van der Waals surface area contributed by atoms with Crippen LogP contribution in [0, 0.1) is 0 Å². The van der Waals surface area contributed by atoms with Crippen molar-refractivity contribution in [3.63, 3.8) is 0 Å². The molecule has 0 bridgehead atoms. The minimum Gasteiger partial charge on any atom is -0.494 e. The fourth-order valence-corrected chi connectivity index (χ4v) is 2.93. The van der Waals surface area contributed by atoms with Gasteiger partial charge in [0.1, 0.15) is 10.8 Å². The molecule has 1 amide bonds. The molecule has 0 fully saturated rings. The van der Waals surface area contributed by atoms with Crippen LogP contribution in [-0.4, -0.2) is 28.6 Å². The van der Waals surface area contributed by atoms with Crippen LogP contribution in [0.3, 0.4) is 0 Å². The lowest BCUT2D eigenvalue weighted by atomic mass is 9.87. The number of carboxylic acid groups (broad SMARTS) is 1. The molecule has 0 saturated heterocycles. The van der Waals surface area contributed by atoms with Crippen LogP contribution in [-0.2, 0) is 16.8 Å². The average molecular weight is 376 g/mol. The summed E-state index contributed by atoms with van der Waals surface area (Å²) in [7, 11) is 0. The van der Waals surface area contributed by atoms with Gasteiger partial charge in [0, 0.05) is 11.8 Å². The van der Waals surface area contributed by atoms with E-state index in [1.54, 1.807) is 0 Å². The molecule has 0 aliphatic heterocycles. The van der Waals surface area contributed by atoms with Crippen molar-refractivity contribution >= 4 is 23.2 Å². The van der Waals surface area contributed by atoms with E-state index >= 15 is 0 Å². The Balaban J connectivity index is 1.66. The van der Waals surface area contributed by atoms with Crippen molar-refractivity contribution in [1.29, 1.82) is 0 Å². The number of aromatic carboxylic acids is 1. The zero-order valence-electron chi connectivity index (χ0n) is 15.2. The Kier molecular flexibility index (Phi) is 6.74. The van der Waals surface area contributed by atoms with Gasteiger partial charge < -0.3 is 15.2 Å². The second kappa shape index (κ2) is 8.80. The van der Waals surface area contributed by atoms with Crippen molar-refractivity contribution in [3.8, 4) is 5.75 Å². The molecule has 2 N–H and O–H groups in total. The number of carboxylic acids is 1. The van der Waals surface area contributed by atoms with Gasteiger partial charge in [0.2, 0.25) is 5.91 Å². The highest BCUT2D eigenvalue weighted by Gasteiger charge is 2.13. The third-order valence-corrected chi connectivity index (χ3v) is 4.59. The summed E-state index contributed by atoms with van der Waals surface area (Å²) in [5.41, 5.74) is 1.36. The van der Waals surface area contributed by atoms with Gasteiger partial charge in [-0.3, -0.25) is 4.79 Å². The van der Waals surface area contributed by atoms with Crippen LogP contribution in [0.5, 0.6) is 5.75 Å². The van der Waals surface area contributed by atoms with E-state index in [0.29, 0.717) is 24.5 Å². The standard InChI is InChI=1S/C19H24N2O4S/c1-19(2,3)13-6-8-14(9-7-13)25-10-4-5-16(22)20-11-17-21-15(12-26-17)18(23)24/h6-9,12H,4-5,10-11H2,1-3H3,(H,20,22)(H,23,24). The van der Waals surface area contributed by atoms with Crippen LogP contribution in [0.25, 0.3) is 0 Å². The summed E-state index contributed by atoms with van der Waals surface area (Å²) in [6.07, 6.45) is 0.947. The van der Waals surface area contributed by atoms with Crippen LogP contribution >= 0.6 is 11.3 Å². The van der Waals surface area contributed by atoms with E-state index in [4.69, 9.17) is 9.84 Å². The largest absolute Gasteiger partial charge is 0.494 e. The molecule has 26 heavy (non-hydrogen) atoms. The van der Waals surface area contributed by atoms with E-state index in [1.165, 1.54) is 22.3 Å². The first kappa shape index (κ1) is 19.9. The van der Waals surface area contributed by atoms with E-state index < -0.39 is 5.97 Å². The highest BCUT2D eigenvalue weighted by atomic mass is 32.1. The fourth-order valence-electron chi connectivity index (χ4n) is 2.23. The minimum absolute atomic E-state index is 0.00475. The van der Waals surface area contributed by atoms with Gasteiger partial charge in [0.25, 0.3) is 0 Å². The number of amides is 1. The molecule has 0 unspecified atom stereocenters. The molecule has 2 aromatic rings. The molecule has 1 aromatic heterocycles. The number of ether oxygens (including phenoxy) is 1. The maximum atomic E-state index is 11.8. The summed E-state index contributed by atoms with van der Waals surface area (Å²) >= 11 is 1.22. The molecular weight excluding hydrogens is 352 g/mol. The van der Waals surface area contributed by atoms with Gasteiger partial charge >= 0.3 is 5.97 Å². The molecule has 0 spiro atoms. The molecule has 0 aliphatic carbocycles. The quantitative estimate of drug-likeness (QED) is 0.687. The second-order valence-electron chi connectivity index (χ2n) is 6.93. The third-order valence-electron chi connectivity index (χ3n) is 3.74.